The fourth-order valence-electron chi connectivity index (χ4n) is 2.90. The lowest BCUT2D eigenvalue weighted by Crippen LogP contribution is -2.34. The molecule has 1 fully saturated rings. The minimum absolute atomic E-state index is 0.00458. The molecule has 1 heterocycles. The van der Waals surface area contributed by atoms with E-state index in [-0.39, 0.29) is 12.1 Å². The van der Waals surface area contributed by atoms with Crippen molar-refractivity contribution in [1.29, 1.82) is 0 Å². The zero-order valence-corrected chi connectivity index (χ0v) is 12.9. The van der Waals surface area contributed by atoms with Gasteiger partial charge in [0.15, 0.2) is 0 Å². The number of likely N-dealkylation sites (N-methyl/N-ethyl adjacent to an activating group) is 1. The third-order valence-corrected chi connectivity index (χ3v) is 4.54. The van der Waals surface area contributed by atoms with Gasteiger partial charge in [-0.3, -0.25) is 4.79 Å². The summed E-state index contributed by atoms with van der Waals surface area (Å²) < 4.78 is 5.66. The van der Waals surface area contributed by atoms with E-state index in [4.69, 9.17) is 4.74 Å². The lowest BCUT2D eigenvalue weighted by molar-refractivity contribution is -0.146. The first-order valence-corrected chi connectivity index (χ1v) is 7.46. The molecule has 1 aromatic rings. The van der Waals surface area contributed by atoms with E-state index in [0.717, 1.165) is 24.9 Å². The van der Waals surface area contributed by atoms with E-state index in [0.29, 0.717) is 6.04 Å². The first-order valence-electron chi connectivity index (χ1n) is 7.46. The van der Waals surface area contributed by atoms with Crippen LogP contribution in [0.1, 0.15) is 39.2 Å². The molecular formula is C17H25NO2. The number of nitrogens with zero attached hydrogens (tertiary/aromatic N) is 1. The number of rotatable bonds is 5. The quantitative estimate of drug-likeness (QED) is 0.774. The van der Waals surface area contributed by atoms with Crippen molar-refractivity contribution in [2.75, 3.05) is 13.6 Å². The van der Waals surface area contributed by atoms with Crippen LogP contribution in [0.25, 0.3) is 0 Å². The van der Waals surface area contributed by atoms with Gasteiger partial charge in [0.2, 0.25) is 0 Å². The van der Waals surface area contributed by atoms with Crippen molar-refractivity contribution in [2.24, 2.45) is 0 Å². The molecule has 0 amide bonds. The van der Waals surface area contributed by atoms with Crippen molar-refractivity contribution in [3.8, 4) is 0 Å². The van der Waals surface area contributed by atoms with Crippen LogP contribution in [0, 0.1) is 0 Å². The molecule has 110 valence electrons. The Morgan fingerprint density at radius 3 is 2.55 bits per heavy atom. The Labute approximate surface area is 121 Å². The Balaban J connectivity index is 2.18. The van der Waals surface area contributed by atoms with Gasteiger partial charge in [-0.05, 0) is 32.9 Å². The molecule has 0 saturated carbocycles. The molecule has 1 aliphatic rings. The zero-order valence-electron chi connectivity index (χ0n) is 12.9. The highest BCUT2D eigenvalue weighted by atomic mass is 16.6. The molecule has 2 atom stereocenters. The summed E-state index contributed by atoms with van der Waals surface area (Å²) in [6.07, 6.45) is 1.57. The highest BCUT2D eigenvalue weighted by Gasteiger charge is 2.49. The maximum atomic E-state index is 12.4. The molecular weight excluding hydrogens is 250 g/mol. The van der Waals surface area contributed by atoms with Crippen LogP contribution < -0.4 is 0 Å². The lowest BCUT2D eigenvalue weighted by atomic mass is 9.76. The van der Waals surface area contributed by atoms with Crippen molar-refractivity contribution in [3.63, 3.8) is 0 Å². The molecule has 0 bridgehead atoms. The molecule has 3 nitrogen and oxygen atoms in total. The second-order valence-electron chi connectivity index (χ2n) is 6.07. The molecule has 0 N–H and O–H groups in total. The summed E-state index contributed by atoms with van der Waals surface area (Å²) >= 11 is 0. The summed E-state index contributed by atoms with van der Waals surface area (Å²) in [6, 6.07) is 10.5. The summed E-state index contributed by atoms with van der Waals surface area (Å²) in [4.78, 5) is 14.7. The van der Waals surface area contributed by atoms with E-state index >= 15 is 0 Å². The molecule has 1 aromatic carbocycles. The summed E-state index contributed by atoms with van der Waals surface area (Å²) in [5, 5.41) is 0. The number of esters is 1. The number of cyclic esters (lactones) is 1. The largest absolute Gasteiger partial charge is 0.460 e. The van der Waals surface area contributed by atoms with Gasteiger partial charge in [0, 0.05) is 19.0 Å². The smallest absolute Gasteiger partial charge is 0.317 e. The summed E-state index contributed by atoms with van der Waals surface area (Å²) in [5.74, 6) is -0.0617. The van der Waals surface area contributed by atoms with Crippen molar-refractivity contribution >= 4 is 5.97 Å². The van der Waals surface area contributed by atoms with Crippen molar-refractivity contribution < 1.29 is 9.53 Å². The summed E-state index contributed by atoms with van der Waals surface area (Å²) in [6.45, 7) is 7.18. The molecule has 2 rings (SSSR count). The number of carbonyl (C=O) groups excluding carboxylic acids is 1. The number of hydrogen-bond acceptors (Lipinski definition) is 3. The Morgan fingerprint density at radius 2 is 2.00 bits per heavy atom. The van der Waals surface area contributed by atoms with Crippen LogP contribution in [0.3, 0.4) is 0 Å². The van der Waals surface area contributed by atoms with E-state index in [1.807, 2.05) is 30.3 Å². The van der Waals surface area contributed by atoms with Crippen molar-refractivity contribution in [2.45, 2.75) is 51.2 Å². The van der Waals surface area contributed by atoms with Gasteiger partial charge in [0.05, 0.1) is 5.41 Å². The molecule has 20 heavy (non-hydrogen) atoms. The van der Waals surface area contributed by atoms with E-state index in [1.54, 1.807) is 0 Å². The van der Waals surface area contributed by atoms with Crippen LogP contribution in [0.5, 0.6) is 0 Å². The van der Waals surface area contributed by atoms with Gasteiger partial charge in [0.1, 0.15) is 6.10 Å². The molecule has 3 heteroatoms. The topological polar surface area (TPSA) is 29.5 Å². The highest BCUT2D eigenvalue weighted by Crippen LogP contribution is 2.40. The van der Waals surface area contributed by atoms with Crippen LogP contribution >= 0.6 is 0 Å². The van der Waals surface area contributed by atoms with Crippen LogP contribution in [0.2, 0.25) is 0 Å². The minimum Gasteiger partial charge on any atom is -0.460 e. The monoisotopic (exact) mass is 275 g/mol. The SMILES string of the molecule is CCC1(c2ccccc2)CC(CN(C)C(C)C)OC1=O. The van der Waals surface area contributed by atoms with Crippen LogP contribution in [-0.2, 0) is 14.9 Å². The van der Waals surface area contributed by atoms with Gasteiger partial charge in [-0.1, -0.05) is 37.3 Å². The van der Waals surface area contributed by atoms with Crippen LogP contribution in [0.4, 0.5) is 0 Å². The Hall–Kier alpha value is -1.35. The lowest BCUT2D eigenvalue weighted by Gasteiger charge is -2.25. The second-order valence-corrected chi connectivity index (χ2v) is 6.07. The second kappa shape index (κ2) is 5.96. The molecule has 0 aliphatic carbocycles. The number of hydrogen-bond donors (Lipinski definition) is 0. The third kappa shape index (κ3) is 2.73. The average Bonchev–Trinajstić information content (AvgIpc) is 2.76. The molecule has 0 radical (unpaired) electrons. The Bertz CT molecular complexity index is 457. The van der Waals surface area contributed by atoms with E-state index in [9.17, 15) is 4.79 Å². The molecule has 1 saturated heterocycles. The predicted octanol–water partition coefficient (Wildman–Crippen LogP) is 2.99. The summed E-state index contributed by atoms with van der Waals surface area (Å²) in [7, 11) is 2.08. The van der Waals surface area contributed by atoms with Crippen LogP contribution in [0.15, 0.2) is 30.3 Å². The fourth-order valence-corrected chi connectivity index (χ4v) is 2.90. The summed E-state index contributed by atoms with van der Waals surface area (Å²) in [5.41, 5.74) is 0.631. The standard InChI is InChI=1S/C17H25NO2/c1-5-17(14-9-7-6-8-10-14)11-15(20-16(17)19)12-18(4)13(2)3/h6-10,13,15H,5,11-12H2,1-4H3. The van der Waals surface area contributed by atoms with Gasteiger partial charge >= 0.3 is 5.97 Å². The maximum absolute atomic E-state index is 12.4. The fraction of sp³-hybridized carbons (Fsp3) is 0.588. The maximum Gasteiger partial charge on any atom is 0.317 e. The zero-order chi connectivity index (χ0) is 14.8. The van der Waals surface area contributed by atoms with Gasteiger partial charge in [-0.25, -0.2) is 0 Å². The van der Waals surface area contributed by atoms with Gasteiger partial charge in [0.25, 0.3) is 0 Å². The molecule has 1 aliphatic heterocycles. The number of carbonyl (C=O) groups is 1. The normalized spacial score (nSPS) is 26.3. The van der Waals surface area contributed by atoms with E-state index in [1.165, 1.54) is 0 Å². The van der Waals surface area contributed by atoms with E-state index in [2.05, 4.69) is 32.7 Å². The van der Waals surface area contributed by atoms with Gasteiger partial charge in [-0.15, -0.1) is 0 Å². The molecule has 0 spiro atoms. The number of benzene rings is 1. The average molecular weight is 275 g/mol. The van der Waals surface area contributed by atoms with Gasteiger partial charge < -0.3 is 9.64 Å². The highest BCUT2D eigenvalue weighted by molar-refractivity contribution is 5.85. The van der Waals surface area contributed by atoms with Crippen molar-refractivity contribution in [1.82, 2.24) is 4.90 Å². The predicted molar refractivity (Wildman–Crippen MR) is 80.7 cm³/mol. The molecule has 2 unspecified atom stereocenters. The third-order valence-electron chi connectivity index (χ3n) is 4.54. The van der Waals surface area contributed by atoms with Gasteiger partial charge in [-0.2, -0.15) is 0 Å². The Morgan fingerprint density at radius 1 is 1.35 bits per heavy atom. The van der Waals surface area contributed by atoms with Crippen LogP contribution in [-0.4, -0.2) is 36.6 Å². The Kier molecular flexibility index (Phi) is 4.48. The van der Waals surface area contributed by atoms with E-state index < -0.39 is 5.41 Å². The first kappa shape index (κ1) is 15.0. The number of ether oxygens (including phenoxy) is 1. The minimum atomic E-state index is -0.455. The first-order chi connectivity index (χ1) is 9.49. The van der Waals surface area contributed by atoms with Crippen molar-refractivity contribution in [3.05, 3.63) is 35.9 Å². The molecule has 0 aromatic heterocycles.